The van der Waals surface area contributed by atoms with Crippen LogP contribution in [0.2, 0.25) is 0 Å². The predicted octanol–water partition coefficient (Wildman–Crippen LogP) is 2.85. The van der Waals surface area contributed by atoms with Crippen LogP contribution in [0.4, 0.5) is 0 Å². The fourth-order valence-corrected chi connectivity index (χ4v) is 2.23. The molecule has 19 heavy (non-hydrogen) atoms. The first-order chi connectivity index (χ1) is 9.15. The lowest BCUT2D eigenvalue weighted by atomic mass is 9.99. The van der Waals surface area contributed by atoms with E-state index in [2.05, 4.69) is 5.43 Å². The van der Waals surface area contributed by atoms with Gasteiger partial charge in [0.25, 0.3) is 0 Å². The molecule has 0 radical (unpaired) electrons. The largest absolute Gasteiger partial charge is 0.494 e. The quantitative estimate of drug-likeness (QED) is 0.641. The van der Waals surface area contributed by atoms with Crippen molar-refractivity contribution in [2.24, 2.45) is 5.84 Å². The minimum atomic E-state index is -0.0758. The van der Waals surface area contributed by atoms with Crippen molar-refractivity contribution >= 4 is 0 Å². The van der Waals surface area contributed by atoms with Gasteiger partial charge in [0.15, 0.2) is 0 Å². The maximum atomic E-state index is 5.69. The molecule has 0 amide bonds. The van der Waals surface area contributed by atoms with Gasteiger partial charge in [-0.2, -0.15) is 0 Å². The molecule has 0 aliphatic rings. The van der Waals surface area contributed by atoms with Gasteiger partial charge < -0.3 is 9.15 Å². The molecule has 1 unspecified atom stereocenters. The van der Waals surface area contributed by atoms with E-state index in [9.17, 15) is 0 Å². The fourth-order valence-electron chi connectivity index (χ4n) is 2.23. The molecule has 102 valence electrons. The number of benzene rings is 1. The van der Waals surface area contributed by atoms with Crippen molar-refractivity contribution < 1.29 is 9.15 Å². The molecule has 0 saturated carbocycles. The summed E-state index contributed by atoms with van der Waals surface area (Å²) in [6.45, 7) is 6.51. The first kappa shape index (κ1) is 13.6. The average molecular weight is 260 g/mol. The van der Waals surface area contributed by atoms with Crippen molar-refractivity contribution in [3.8, 4) is 5.75 Å². The van der Waals surface area contributed by atoms with Crippen LogP contribution in [-0.2, 0) is 0 Å². The molecule has 4 nitrogen and oxygen atoms in total. The topological polar surface area (TPSA) is 60.4 Å². The smallest absolute Gasteiger partial charge is 0.119 e. The SMILES string of the molecule is CCOc1ccc(C(NN)c2cc(C)oc2C)cc1. The van der Waals surface area contributed by atoms with Gasteiger partial charge in [-0.15, -0.1) is 0 Å². The average Bonchev–Trinajstić information content (AvgIpc) is 2.72. The lowest BCUT2D eigenvalue weighted by Crippen LogP contribution is -2.28. The normalized spacial score (nSPS) is 12.4. The first-order valence-corrected chi connectivity index (χ1v) is 6.41. The Hall–Kier alpha value is -1.78. The van der Waals surface area contributed by atoms with E-state index in [1.807, 2.05) is 51.1 Å². The van der Waals surface area contributed by atoms with Gasteiger partial charge in [0, 0.05) is 5.56 Å². The van der Waals surface area contributed by atoms with Crippen LogP contribution in [0, 0.1) is 13.8 Å². The first-order valence-electron chi connectivity index (χ1n) is 6.41. The zero-order valence-electron chi connectivity index (χ0n) is 11.6. The van der Waals surface area contributed by atoms with Crippen LogP contribution >= 0.6 is 0 Å². The van der Waals surface area contributed by atoms with Crippen molar-refractivity contribution in [1.82, 2.24) is 5.43 Å². The number of furan rings is 1. The van der Waals surface area contributed by atoms with E-state index < -0.39 is 0 Å². The maximum absolute atomic E-state index is 5.69. The molecule has 0 bridgehead atoms. The van der Waals surface area contributed by atoms with Crippen LogP contribution in [0.3, 0.4) is 0 Å². The highest BCUT2D eigenvalue weighted by atomic mass is 16.5. The summed E-state index contributed by atoms with van der Waals surface area (Å²) in [6, 6.07) is 9.86. The number of ether oxygens (including phenoxy) is 1. The molecule has 4 heteroatoms. The minimum absolute atomic E-state index is 0.0758. The van der Waals surface area contributed by atoms with Gasteiger partial charge in [-0.25, -0.2) is 5.43 Å². The van der Waals surface area contributed by atoms with Crippen molar-refractivity contribution in [3.05, 3.63) is 53.0 Å². The molecule has 0 aliphatic carbocycles. The second-order valence-electron chi connectivity index (χ2n) is 4.47. The maximum Gasteiger partial charge on any atom is 0.119 e. The number of rotatable bonds is 5. The Balaban J connectivity index is 2.29. The van der Waals surface area contributed by atoms with E-state index in [-0.39, 0.29) is 6.04 Å². The molecule has 1 aromatic carbocycles. The van der Waals surface area contributed by atoms with E-state index in [0.29, 0.717) is 6.61 Å². The van der Waals surface area contributed by atoms with Crippen molar-refractivity contribution in [2.75, 3.05) is 6.61 Å². The number of nitrogens with two attached hydrogens (primary N) is 1. The highest BCUT2D eigenvalue weighted by Crippen LogP contribution is 2.27. The van der Waals surface area contributed by atoms with Crippen molar-refractivity contribution in [1.29, 1.82) is 0 Å². The minimum Gasteiger partial charge on any atom is -0.494 e. The molecule has 1 aromatic heterocycles. The third-order valence-corrected chi connectivity index (χ3v) is 3.08. The molecular formula is C15H20N2O2. The van der Waals surface area contributed by atoms with E-state index in [4.69, 9.17) is 15.0 Å². The molecule has 2 aromatic rings. The Morgan fingerprint density at radius 2 is 1.95 bits per heavy atom. The Kier molecular flexibility index (Phi) is 4.24. The van der Waals surface area contributed by atoms with Gasteiger partial charge in [-0.3, -0.25) is 5.84 Å². The second kappa shape index (κ2) is 5.91. The van der Waals surface area contributed by atoms with Crippen LogP contribution in [0.25, 0.3) is 0 Å². The molecule has 3 N–H and O–H groups in total. The molecule has 1 atom stereocenters. The lowest BCUT2D eigenvalue weighted by molar-refractivity contribution is 0.340. The van der Waals surface area contributed by atoms with Gasteiger partial charge in [0.05, 0.1) is 12.6 Å². The molecule has 1 heterocycles. The summed E-state index contributed by atoms with van der Waals surface area (Å²) in [5.41, 5.74) is 4.98. The predicted molar refractivity (Wildman–Crippen MR) is 75.0 cm³/mol. The highest BCUT2D eigenvalue weighted by molar-refractivity contribution is 5.37. The third kappa shape index (κ3) is 2.97. The van der Waals surface area contributed by atoms with Crippen molar-refractivity contribution in [2.45, 2.75) is 26.8 Å². The van der Waals surface area contributed by atoms with Gasteiger partial charge in [-0.1, -0.05) is 12.1 Å². The number of aryl methyl sites for hydroxylation is 2. The lowest BCUT2D eigenvalue weighted by Gasteiger charge is -2.16. The summed E-state index contributed by atoms with van der Waals surface area (Å²) >= 11 is 0. The molecule has 0 aliphatic heterocycles. The summed E-state index contributed by atoms with van der Waals surface area (Å²) in [4.78, 5) is 0. The van der Waals surface area contributed by atoms with E-state index in [1.54, 1.807) is 0 Å². The third-order valence-electron chi connectivity index (χ3n) is 3.08. The van der Waals surface area contributed by atoms with Gasteiger partial charge in [-0.05, 0) is 44.5 Å². The monoisotopic (exact) mass is 260 g/mol. The zero-order valence-corrected chi connectivity index (χ0v) is 11.6. The molecule has 0 fully saturated rings. The van der Waals surface area contributed by atoms with Crippen LogP contribution in [0.5, 0.6) is 5.75 Å². The van der Waals surface area contributed by atoms with Gasteiger partial charge in [0.1, 0.15) is 17.3 Å². The standard InChI is InChI=1S/C15H20N2O2/c1-4-18-13-7-5-12(6-8-13)15(17-16)14-9-10(2)19-11(14)3/h5-9,15,17H,4,16H2,1-3H3. The summed E-state index contributed by atoms with van der Waals surface area (Å²) < 4.78 is 11.0. The van der Waals surface area contributed by atoms with Crippen LogP contribution in [-0.4, -0.2) is 6.61 Å². The van der Waals surface area contributed by atoms with E-state index in [1.165, 1.54) is 0 Å². The summed E-state index contributed by atoms with van der Waals surface area (Å²) in [7, 11) is 0. The fraction of sp³-hybridized carbons (Fsp3) is 0.333. The van der Waals surface area contributed by atoms with Crippen LogP contribution in [0.1, 0.15) is 35.6 Å². The molecular weight excluding hydrogens is 240 g/mol. The summed E-state index contributed by atoms with van der Waals surface area (Å²) in [6.07, 6.45) is 0. The van der Waals surface area contributed by atoms with Crippen LogP contribution < -0.4 is 16.0 Å². The van der Waals surface area contributed by atoms with Crippen LogP contribution in [0.15, 0.2) is 34.7 Å². The Bertz CT molecular complexity index is 532. The van der Waals surface area contributed by atoms with Gasteiger partial charge >= 0.3 is 0 Å². The van der Waals surface area contributed by atoms with E-state index >= 15 is 0 Å². The number of hydrogen-bond donors (Lipinski definition) is 2. The van der Waals surface area contributed by atoms with E-state index in [0.717, 1.165) is 28.4 Å². The highest BCUT2D eigenvalue weighted by Gasteiger charge is 2.17. The Morgan fingerprint density at radius 1 is 1.26 bits per heavy atom. The van der Waals surface area contributed by atoms with Gasteiger partial charge in [0.2, 0.25) is 0 Å². The molecule has 2 rings (SSSR count). The van der Waals surface area contributed by atoms with Crippen molar-refractivity contribution in [3.63, 3.8) is 0 Å². The Morgan fingerprint density at radius 3 is 2.42 bits per heavy atom. The second-order valence-corrected chi connectivity index (χ2v) is 4.47. The number of hydrazine groups is 1. The zero-order chi connectivity index (χ0) is 13.8. The molecule has 0 saturated heterocycles. The number of nitrogens with one attached hydrogen (secondary N) is 1. The summed E-state index contributed by atoms with van der Waals surface area (Å²) in [5, 5.41) is 0. The Labute approximate surface area is 113 Å². The summed E-state index contributed by atoms with van der Waals surface area (Å²) in [5.74, 6) is 8.32. The molecule has 0 spiro atoms. The number of hydrogen-bond acceptors (Lipinski definition) is 4.